The van der Waals surface area contributed by atoms with Crippen LogP contribution in [0.4, 0.5) is 5.69 Å². The number of nitrogens with zero attached hydrogens (tertiary/aromatic N) is 1. The number of carbonyl (C=O) groups excluding carboxylic acids is 3. The maximum atomic E-state index is 12.7. The zero-order valence-corrected chi connectivity index (χ0v) is 18.5. The lowest BCUT2D eigenvalue weighted by Crippen LogP contribution is -2.39. The number of nitrogens with one attached hydrogen (secondary N) is 2. The first kappa shape index (κ1) is 24.4. The van der Waals surface area contributed by atoms with E-state index in [1.165, 1.54) is 13.3 Å². The third-order valence-corrected chi connectivity index (χ3v) is 4.44. The standard InChI is InChI=1S/C23H27N3O6/c1-15(2)21(22(28)25-17-7-11-18(30-3)12-8-17)23(29)26-24-13-16-5-9-19(10-6-16)32-14-20(27)31-4/h5-13,15,21H,14H2,1-4H3,(H,25,28)(H,26,29). The van der Waals surface area contributed by atoms with Crippen molar-refractivity contribution in [2.24, 2.45) is 16.9 Å². The Morgan fingerprint density at radius 1 is 0.938 bits per heavy atom. The lowest BCUT2D eigenvalue weighted by molar-refractivity contribution is -0.143. The normalized spacial score (nSPS) is 11.7. The monoisotopic (exact) mass is 441 g/mol. The highest BCUT2D eigenvalue weighted by molar-refractivity contribution is 6.06. The molecule has 0 aromatic heterocycles. The van der Waals surface area contributed by atoms with Gasteiger partial charge in [0.15, 0.2) is 6.61 Å². The lowest BCUT2D eigenvalue weighted by Gasteiger charge is -2.18. The molecular formula is C23H27N3O6. The molecule has 2 N–H and O–H groups in total. The fraction of sp³-hybridized carbons (Fsp3) is 0.304. The molecule has 32 heavy (non-hydrogen) atoms. The number of anilines is 1. The fourth-order valence-corrected chi connectivity index (χ4v) is 2.71. The minimum atomic E-state index is -0.927. The summed E-state index contributed by atoms with van der Waals surface area (Å²) in [6, 6.07) is 13.6. The van der Waals surface area contributed by atoms with Gasteiger partial charge in [-0.15, -0.1) is 0 Å². The summed E-state index contributed by atoms with van der Waals surface area (Å²) >= 11 is 0. The number of esters is 1. The number of benzene rings is 2. The first-order chi connectivity index (χ1) is 15.3. The van der Waals surface area contributed by atoms with Gasteiger partial charge in [-0.05, 0) is 60.0 Å². The number of hydrazone groups is 1. The Morgan fingerprint density at radius 2 is 1.56 bits per heavy atom. The Balaban J connectivity index is 1.93. The Bertz CT molecular complexity index is 939. The molecule has 0 aliphatic carbocycles. The molecule has 170 valence electrons. The molecule has 0 spiro atoms. The van der Waals surface area contributed by atoms with Crippen molar-refractivity contribution in [1.82, 2.24) is 5.43 Å². The molecule has 0 heterocycles. The summed E-state index contributed by atoms with van der Waals surface area (Å²) < 4.78 is 14.9. The van der Waals surface area contributed by atoms with E-state index in [1.54, 1.807) is 69.5 Å². The van der Waals surface area contributed by atoms with Crippen LogP contribution in [-0.4, -0.2) is 44.8 Å². The first-order valence-electron chi connectivity index (χ1n) is 9.91. The van der Waals surface area contributed by atoms with Crippen LogP contribution < -0.4 is 20.2 Å². The van der Waals surface area contributed by atoms with Gasteiger partial charge in [-0.25, -0.2) is 10.2 Å². The molecule has 2 aromatic rings. The van der Waals surface area contributed by atoms with Gasteiger partial charge in [0.05, 0.1) is 20.4 Å². The van der Waals surface area contributed by atoms with Gasteiger partial charge < -0.3 is 19.5 Å². The maximum Gasteiger partial charge on any atom is 0.343 e. The van der Waals surface area contributed by atoms with Crippen molar-refractivity contribution in [3.05, 3.63) is 54.1 Å². The summed E-state index contributed by atoms with van der Waals surface area (Å²) in [7, 11) is 2.84. The summed E-state index contributed by atoms with van der Waals surface area (Å²) in [5, 5.41) is 6.68. The molecular weight excluding hydrogens is 414 g/mol. The maximum absolute atomic E-state index is 12.7. The number of methoxy groups -OCH3 is 2. The molecule has 0 aliphatic heterocycles. The van der Waals surface area contributed by atoms with Gasteiger partial charge in [-0.2, -0.15) is 5.10 Å². The highest BCUT2D eigenvalue weighted by Gasteiger charge is 2.29. The third-order valence-electron chi connectivity index (χ3n) is 4.44. The fourth-order valence-electron chi connectivity index (χ4n) is 2.71. The Kier molecular flexibility index (Phi) is 9.22. The van der Waals surface area contributed by atoms with Crippen molar-refractivity contribution < 1.29 is 28.6 Å². The van der Waals surface area contributed by atoms with E-state index in [0.717, 1.165) is 0 Å². The van der Waals surface area contributed by atoms with E-state index in [-0.39, 0.29) is 12.5 Å². The molecule has 2 rings (SSSR count). The van der Waals surface area contributed by atoms with E-state index < -0.39 is 23.7 Å². The van der Waals surface area contributed by atoms with Gasteiger partial charge >= 0.3 is 5.97 Å². The summed E-state index contributed by atoms with van der Waals surface area (Å²) in [6.07, 6.45) is 1.45. The van der Waals surface area contributed by atoms with Crippen LogP contribution in [0.1, 0.15) is 19.4 Å². The average molecular weight is 441 g/mol. The van der Waals surface area contributed by atoms with Gasteiger partial charge in [0.2, 0.25) is 5.91 Å². The molecule has 1 unspecified atom stereocenters. The molecule has 0 bridgehead atoms. The largest absolute Gasteiger partial charge is 0.497 e. The second-order valence-electron chi connectivity index (χ2n) is 7.11. The molecule has 0 fully saturated rings. The van der Waals surface area contributed by atoms with Crippen LogP contribution in [-0.2, 0) is 19.1 Å². The van der Waals surface area contributed by atoms with E-state index in [2.05, 4.69) is 20.6 Å². The topological polar surface area (TPSA) is 115 Å². The zero-order chi connectivity index (χ0) is 23.5. The first-order valence-corrected chi connectivity index (χ1v) is 9.91. The van der Waals surface area contributed by atoms with Crippen molar-refractivity contribution in [2.75, 3.05) is 26.1 Å². The molecule has 0 saturated heterocycles. The third kappa shape index (κ3) is 7.42. The Labute approximate surface area is 186 Å². The van der Waals surface area contributed by atoms with Crippen molar-refractivity contribution in [2.45, 2.75) is 13.8 Å². The van der Waals surface area contributed by atoms with Crippen LogP contribution in [0.5, 0.6) is 11.5 Å². The van der Waals surface area contributed by atoms with E-state index in [4.69, 9.17) is 9.47 Å². The van der Waals surface area contributed by atoms with Crippen LogP contribution in [0.3, 0.4) is 0 Å². The van der Waals surface area contributed by atoms with Crippen LogP contribution >= 0.6 is 0 Å². The van der Waals surface area contributed by atoms with Gasteiger partial charge in [-0.1, -0.05) is 13.8 Å². The lowest BCUT2D eigenvalue weighted by atomic mass is 9.94. The van der Waals surface area contributed by atoms with Gasteiger partial charge in [0.1, 0.15) is 17.4 Å². The summed E-state index contributed by atoms with van der Waals surface area (Å²) in [5.74, 6) is -1.43. The molecule has 0 saturated carbocycles. The Hall–Kier alpha value is -3.88. The van der Waals surface area contributed by atoms with Crippen LogP contribution in [0.15, 0.2) is 53.6 Å². The molecule has 9 heteroatoms. The summed E-state index contributed by atoms with van der Waals surface area (Å²) in [4.78, 5) is 36.3. The molecule has 0 aliphatic rings. The number of amides is 2. The van der Waals surface area contributed by atoms with E-state index in [1.807, 2.05) is 0 Å². The van der Waals surface area contributed by atoms with Crippen LogP contribution in [0, 0.1) is 11.8 Å². The predicted octanol–water partition coefficient (Wildman–Crippen LogP) is 2.61. The Morgan fingerprint density at radius 3 is 2.12 bits per heavy atom. The van der Waals surface area contributed by atoms with Crippen molar-refractivity contribution in [3.8, 4) is 11.5 Å². The quantitative estimate of drug-likeness (QED) is 0.253. The van der Waals surface area contributed by atoms with E-state index in [9.17, 15) is 14.4 Å². The van der Waals surface area contributed by atoms with Gasteiger partial charge in [0.25, 0.3) is 5.91 Å². The van der Waals surface area contributed by atoms with Crippen LogP contribution in [0.25, 0.3) is 0 Å². The van der Waals surface area contributed by atoms with E-state index in [0.29, 0.717) is 22.7 Å². The minimum absolute atomic E-state index is 0.185. The van der Waals surface area contributed by atoms with Crippen molar-refractivity contribution in [1.29, 1.82) is 0 Å². The molecule has 1 atom stereocenters. The SMILES string of the molecule is COC(=O)COc1ccc(C=NNC(=O)C(C(=O)Nc2ccc(OC)cc2)C(C)C)cc1. The second-order valence-corrected chi connectivity index (χ2v) is 7.11. The minimum Gasteiger partial charge on any atom is -0.497 e. The number of carbonyl (C=O) groups is 3. The summed E-state index contributed by atoms with van der Waals surface area (Å²) in [6.45, 7) is 3.39. The highest BCUT2D eigenvalue weighted by atomic mass is 16.6. The van der Waals surface area contributed by atoms with Crippen LogP contribution in [0.2, 0.25) is 0 Å². The molecule has 2 aromatic carbocycles. The number of rotatable bonds is 10. The average Bonchev–Trinajstić information content (AvgIpc) is 2.78. The number of hydrogen-bond donors (Lipinski definition) is 2. The number of hydrogen-bond acceptors (Lipinski definition) is 7. The smallest absolute Gasteiger partial charge is 0.343 e. The zero-order valence-electron chi connectivity index (χ0n) is 18.5. The second kappa shape index (κ2) is 12.1. The number of ether oxygens (including phenoxy) is 3. The molecule has 2 amide bonds. The van der Waals surface area contributed by atoms with Gasteiger partial charge in [0, 0.05) is 5.69 Å². The van der Waals surface area contributed by atoms with Crippen molar-refractivity contribution >= 4 is 29.7 Å². The highest BCUT2D eigenvalue weighted by Crippen LogP contribution is 2.18. The predicted molar refractivity (Wildman–Crippen MR) is 120 cm³/mol. The summed E-state index contributed by atoms with van der Waals surface area (Å²) in [5.41, 5.74) is 3.67. The van der Waals surface area contributed by atoms with Crippen molar-refractivity contribution in [3.63, 3.8) is 0 Å². The van der Waals surface area contributed by atoms with Gasteiger partial charge in [-0.3, -0.25) is 9.59 Å². The molecule has 0 radical (unpaired) electrons. The molecule has 9 nitrogen and oxygen atoms in total. The van der Waals surface area contributed by atoms with E-state index >= 15 is 0 Å².